The Morgan fingerprint density at radius 2 is 2.21 bits per heavy atom. The number of aromatic nitrogens is 1. The van der Waals surface area contributed by atoms with E-state index in [1.165, 1.54) is 0 Å². The number of fused-ring (bicyclic) bond motifs is 1. The topological polar surface area (TPSA) is 56.3 Å². The Kier molecular flexibility index (Phi) is 4.27. The van der Waals surface area contributed by atoms with Crippen molar-refractivity contribution >= 4 is 32.8 Å². The van der Waals surface area contributed by atoms with E-state index in [-0.39, 0.29) is 12.6 Å². The van der Waals surface area contributed by atoms with E-state index in [9.17, 15) is 4.79 Å². The minimum atomic E-state index is -0.797. The van der Waals surface area contributed by atoms with Crippen LogP contribution >= 0.6 is 15.9 Å². The van der Waals surface area contributed by atoms with Crippen LogP contribution in [0.4, 0.5) is 0 Å². The molecule has 0 atom stereocenters. The van der Waals surface area contributed by atoms with Gasteiger partial charge < -0.3 is 10.1 Å². The molecule has 0 bridgehead atoms. The van der Waals surface area contributed by atoms with E-state index in [2.05, 4.69) is 27.0 Å². The summed E-state index contributed by atoms with van der Waals surface area (Å²) in [7, 11) is 0. The number of nitrogens with zero attached hydrogens (tertiary/aromatic N) is 1. The standard InChI is InChI=1S/C14H17BrN2O2/c1-9(2)17(8-14(18)19)7-10-6-16-13-4-3-11(15)5-12(10)13/h3-6,9,16H,7-8H2,1-2H3,(H,18,19). The van der Waals surface area contributed by atoms with Crippen LogP contribution in [0.25, 0.3) is 10.9 Å². The van der Waals surface area contributed by atoms with E-state index in [1.807, 2.05) is 37.1 Å². The maximum atomic E-state index is 10.9. The number of halogens is 1. The predicted molar refractivity (Wildman–Crippen MR) is 79.2 cm³/mol. The smallest absolute Gasteiger partial charge is 0.317 e. The zero-order valence-electron chi connectivity index (χ0n) is 11.0. The van der Waals surface area contributed by atoms with E-state index >= 15 is 0 Å². The number of nitrogens with one attached hydrogen (secondary N) is 1. The monoisotopic (exact) mass is 324 g/mol. The van der Waals surface area contributed by atoms with Gasteiger partial charge in [0.15, 0.2) is 0 Å². The third kappa shape index (κ3) is 3.36. The molecule has 0 radical (unpaired) electrons. The maximum absolute atomic E-state index is 10.9. The summed E-state index contributed by atoms with van der Waals surface area (Å²) in [4.78, 5) is 16.1. The summed E-state index contributed by atoms with van der Waals surface area (Å²) in [6.45, 7) is 4.69. The number of H-pyrrole nitrogens is 1. The normalized spacial score (nSPS) is 11.6. The third-order valence-corrected chi connectivity index (χ3v) is 3.66. The van der Waals surface area contributed by atoms with Gasteiger partial charge >= 0.3 is 5.97 Å². The quantitative estimate of drug-likeness (QED) is 0.887. The second kappa shape index (κ2) is 5.75. The molecule has 2 rings (SSSR count). The van der Waals surface area contributed by atoms with Crippen LogP contribution in [-0.4, -0.2) is 33.5 Å². The van der Waals surface area contributed by atoms with E-state index in [0.29, 0.717) is 6.54 Å². The Morgan fingerprint density at radius 3 is 2.84 bits per heavy atom. The van der Waals surface area contributed by atoms with Gasteiger partial charge in [0.25, 0.3) is 0 Å². The second-order valence-electron chi connectivity index (χ2n) is 4.90. The van der Waals surface area contributed by atoms with Crippen molar-refractivity contribution < 1.29 is 9.90 Å². The van der Waals surface area contributed by atoms with Gasteiger partial charge in [0.05, 0.1) is 6.54 Å². The zero-order chi connectivity index (χ0) is 14.0. The number of rotatable bonds is 5. The van der Waals surface area contributed by atoms with Crippen molar-refractivity contribution in [2.45, 2.75) is 26.4 Å². The summed E-state index contributed by atoms with van der Waals surface area (Å²) in [5.41, 5.74) is 2.18. The number of carbonyl (C=O) groups is 1. The van der Waals surface area contributed by atoms with Gasteiger partial charge in [-0.15, -0.1) is 0 Å². The molecule has 5 heteroatoms. The van der Waals surface area contributed by atoms with Crippen LogP contribution in [0.3, 0.4) is 0 Å². The molecule has 0 unspecified atom stereocenters. The minimum absolute atomic E-state index is 0.0539. The fourth-order valence-electron chi connectivity index (χ4n) is 2.10. The summed E-state index contributed by atoms with van der Waals surface area (Å²) in [6, 6.07) is 6.24. The van der Waals surface area contributed by atoms with Crippen LogP contribution in [-0.2, 0) is 11.3 Å². The summed E-state index contributed by atoms with van der Waals surface area (Å²) in [5.74, 6) is -0.797. The lowest BCUT2D eigenvalue weighted by molar-refractivity contribution is -0.138. The molecule has 0 fully saturated rings. The van der Waals surface area contributed by atoms with Crippen molar-refractivity contribution in [3.63, 3.8) is 0 Å². The summed E-state index contributed by atoms with van der Waals surface area (Å²) in [5, 5.41) is 10.1. The first kappa shape index (κ1) is 14.1. The van der Waals surface area contributed by atoms with Gasteiger partial charge in [-0.2, -0.15) is 0 Å². The Labute approximate surface area is 120 Å². The molecular weight excluding hydrogens is 308 g/mol. The number of carboxylic acids is 1. The molecule has 1 aromatic heterocycles. The highest BCUT2D eigenvalue weighted by atomic mass is 79.9. The number of hydrogen-bond donors (Lipinski definition) is 2. The van der Waals surface area contributed by atoms with E-state index in [1.54, 1.807) is 0 Å². The largest absolute Gasteiger partial charge is 0.480 e. The second-order valence-corrected chi connectivity index (χ2v) is 5.81. The molecule has 0 spiro atoms. The van der Waals surface area contributed by atoms with Gasteiger partial charge in [0.2, 0.25) is 0 Å². The molecule has 19 heavy (non-hydrogen) atoms. The average Bonchev–Trinajstić information content (AvgIpc) is 2.70. The molecule has 0 aliphatic carbocycles. The number of benzene rings is 1. The molecule has 0 saturated heterocycles. The van der Waals surface area contributed by atoms with Crippen molar-refractivity contribution in [3.05, 3.63) is 34.4 Å². The van der Waals surface area contributed by atoms with Crippen molar-refractivity contribution in [2.24, 2.45) is 0 Å². The van der Waals surface area contributed by atoms with Gasteiger partial charge in [-0.1, -0.05) is 15.9 Å². The molecule has 2 N–H and O–H groups in total. The van der Waals surface area contributed by atoms with E-state index < -0.39 is 5.97 Å². The fraction of sp³-hybridized carbons (Fsp3) is 0.357. The van der Waals surface area contributed by atoms with Crippen LogP contribution in [0.15, 0.2) is 28.9 Å². The van der Waals surface area contributed by atoms with Crippen LogP contribution < -0.4 is 0 Å². The van der Waals surface area contributed by atoms with E-state index in [4.69, 9.17) is 5.11 Å². The first-order valence-corrected chi connectivity index (χ1v) is 6.98. The lowest BCUT2D eigenvalue weighted by Crippen LogP contribution is -2.35. The van der Waals surface area contributed by atoms with Crippen LogP contribution in [0, 0.1) is 0 Å². The molecule has 2 aromatic rings. The van der Waals surface area contributed by atoms with Gasteiger partial charge in [-0.05, 0) is 37.6 Å². The molecule has 1 heterocycles. The van der Waals surface area contributed by atoms with Crippen molar-refractivity contribution in [1.29, 1.82) is 0 Å². The highest BCUT2D eigenvalue weighted by Crippen LogP contribution is 2.24. The summed E-state index contributed by atoms with van der Waals surface area (Å²) >= 11 is 3.47. The minimum Gasteiger partial charge on any atom is -0.480 e. The van der Waals surface area contributed by atoms with Crippen LogP contribution in [0.1, 0.15) is 19.4 Å². The Bertz CT molecular complexity index is 592. The molecule has 0 aliphatic heterocycles. The zero-order valence-corrected chi connectivity index (χ0v) is 12.6. The van der Waals surface area contributed by atoms with Crippen LogP contribution in [0.5, 0.6) is 0 Å². The summed E-state index contributed by atoms with van der Waals surface area (Å²) in [6.07, 6.45) is 1.95. The molecule has 0 amide bonds. The molecule has 1 aromatic carbocycles. The van der Waals surface area contributed by atoms with Gasteiger partial charge in [0, 0.05) is 34.2 Å². The molecule has 0 saturated carbocycles. The lowest BCUT2D eigenvalue weighted by Gasteiger charge is -2.24. The van der Waals surface area contributed by atoms with Gasteiger partial charge in [-0.25, -0.2) is 0 Å². The van der Waals surface area contributed by atoms with Crippen molar-refractivity contribution in [3.8, 4) is 0 Å². The number of carboxylic acid groups (broad SMARTS) is 1. The highest BCUT2D eigenvalue weighted by Gasteiger charge is 2.15. The molecule has 102 valence electrons. The van der Waals surface area contributed by atoms with Crippen molar-refractivity contribution in [2.75, 3.05) is 6.54 Å². The number of hydrogen-bond acceptors (Lipinski definition) is 2. The Morgan fingerprint density at radius 1 is 1.47 bits per heavy atom. The van der Waals surface area contributed by atoms with Gasteiger partial charge in [-0.3, -0.25) is 9.69 Å². The van der Waals surface area contributed by atoms with E-state index in [0.717, 1.165) is 20.9 Å². The molecule has 0 aliphatic rings. The maximum Gasteiger partial charge on any atom is 0.317 e. The fourth-order valence-corrected chi connectivity index (χ4v) is 2.46. The SMILES string of the molecule is CC(C)N(CC(=O)O)Cc1c[nH]c2ccc(Br)cc12. The number of aliphatic carboxylic acids is 1. The molecule has 4 nitrogen and oxygen atoms in total. The predicted octanol–water partition coefficient (Wildman–Crippen LogP) is 3.23. The first-order chi connectivity index (χ1) is 8.97. The van der Waals surface area contributed by atoms with Crippen LogP contribution in [0.2, 0.25) is 0 Å². The first-order valence-electron chi connectivity index (χ1n) is 6.18. The number of aromatic amines is 1. The average molecular weight is 325 g/mol. The van der Waals surface area contributed by atoms with Crippen molar-refractivity contribution in [1.82, 2.24) is 9.88 Å². The Hall–Kier alpha value is -1.33. The summed E-state index contributed by atoms with van der Waals surface area (Å²) < 4.78 is 1.02. The third-order valence-electron chi connectivity index (χ3n) is 3.17. The Balaban J connectivity index is 2.28. The molecular formula is C14H17BrN2O2. The van der Waals surface area contributed by atoms with Gasteiger partial charge in [0.1, 0.15) is 0 Å². The lowest BCUT2D eigenvalue weighted by atomic mass is 10.1. The highest BCUT2D eigenvalue weighted by molar-refractivity contribution is 9.10.